The van der Waals surface area contributed by atoms with Gasteiger partial charge in [0, 0.05) is 17.8 Å². The summed E-state index contributed by atoms with van der Waals surface area (Å²) < 4.78 is 1.61. The number of quaternary nitrogens is 1. The van der Waals surface area contributed by atoms with Crippen LogP contribution in [0.5, 0.6) is 0 Å². The fourth-order valence-corrected chi connectivity index (χ4v) is 2.96. The molecule has 1 N–H and O–H groups in total. The number of aryl methyl sites for hydroxylation is 2. The molecule has 3 aromatic rings. The fraction of sp³-hybridized carbons (Fsp3) is 0.300. The number of benzene rings is 1. The maximum atomic E-state index is 12.3. The zero-order chi connectivity index (χ0) is 17.1. The van der Waals surface area contributed by atoms with Crippen LogP contribution in [0.25, 0.3) is 5.65 Å². The second-order valence-corrected chi connectivity index (χ2v) is 6.50. The lowest BCUT2D eigenvalue weighted by Crippen LogP contribution is -3.06. The highest BCUT2D eigenvalue weighted by Gasteiger charge is 2.09. The highest BCUT2D eigenvalue weighted by atomic mass is 16.1. The molecule has 1 atom stereocenters. The third-order valence-corrected chi connectivity index (χ3v) is 4.28. The largest absolute Gasteiger partial charge is 0.329 e. The number of nitrogens with one attached hydrogen (secondary N) is 1. The number of fused-ring (bicyclic) bond motifs is 1. The number of nitrogens with zero attached hydrogens (tertiary/aromatic N) is 2. The van der Waals surface area contributed by atoms with Crippen molar-refractivity contribution < 1.29 is 4.90 Å². The molecule has 0 fully saturated rings. The maximum absolute atomic E-state index is 12.3. The summed E-state index contributed by atoms with van der Waals surface area (Å²) in [5.41, 5.74) is 5.25. The molecular weight excluding hydrogens is 298 g/mol. The predicted molar refractivity (Wildman–Crippen MR) is 96.3 cm³/mol. The van der Waals surface area contributed by atoms with Gasteiger partial charge in [-0.25, -0.2) is 4.98 Å². The minimum atomic E-state index is -0.0150. The molecule has 2 aromatic heterocycles. The van der Waals surface area contributed by atoms with Crippen LogP contribution in [-0.4, -0.2) is 16.4 Å². The van der Waals surface area contributed by atoms with Crippen LogP contribution in [0, 0.1) is 6.92 Å². The molecule has 0 bridgehead atoms. The van der Waals surface area contributed by atoms with Crippen LogP contribution in [-0.2, 0) is 19.5 Å². The summed E-state index contributed by atoms with van der Waals surface area (Å²) in [6.07, 6.45) is 2.90. The normalized spacial score (nSPS) is 12.5. The van der Waals surface area contributed by atoms with Crippen LogP contribution in [0.1, 0.15) is 29.3 Å². The van der Waals surface area contributed by atoms with Crippen molar-refractivity contribution in [1.29, 1.82) is 0 Å². The van der Waals surface area contributed by atoms with Gasteiger partial charge >= 0.3 is 0 Å². The molecule has 4 heteroatoms. The van der Waals surface area contributed by atoms with E-state index < -0.39 is 0 Å². The Bertz CT molecular complexity index is 897. The van der Waals surface area contributed by atoms with E-state index in [9.17, 15) is 4.79 Å². The first-order valence-electron chi connectivity index (χ1n) is 8.43. The Morgan fingerprint density at radius 3 is 2.46 bits per heavy atom. The van der Waals surface area contributed by atoms with Crippen molar-refractivity contribution in [3.8, 4) is 0 Å². The van der Waals surface area contributed by atoms with E-state index in [1.54, 1.807) is 10.5 Å². The van der Waals surface area contributed by atoms with Gasteiger partial charge in [-0.15, -0.1) is 0 Å². The van der Waals surface area contributed by atoms with Crippen molar-refractivity contribution in [1.82, 2.24) is 9.38 Å². The third-order valence-electron chi connectivity index (χ3n) is 4.28. The topological polar surface area (TPSA) is 38.8 Å². The van der Waals surface area contributed by atoms with Gasteiger partial charge in [-0.3, -0.25) is 9.20 Å². The Morgan fingerprint density at radius 2 is 1.75 bits per heavy atom. The molecule has 0 aliphatic rings. The van der Waals surface area contributed by atoms with E-state index >= 15 is 0 Å². The van der Waals surface area contributed by atoms with Gasteiger partial charge in [0.05, 0.1) is 7.05 Å². The molecule has 0 saturated carbocycles. The van der Waals surface area contributed by atoms with Gasteiger partial charge in [0.1, 0.15) is 24.4 Å². The summed E-state index contributed by atoms with van der Waals surface area (Å²) in [6, 6.07) is 14.3. The molecule has 1 unspecified atom stereocenters. The Morgan fingerprint density at radius 1 is 1.04 bits per heavy atom. The molecule has 0 radical (unpaired) electrons. The van der Waals surface area contributed by atoms with Crippen LogP contribution in [0.3, 0.4) is 0 Å². The van der Waals surface area contributed by atoms with Crippen LogP contribution in [0.2, 0.25) is 0 Å². The SMILES string of the molecule is CCc1ccc(C[NH+](C)Cc2cc(=O)n3cc(C)ccc3n2)cc1. The van der Waals surface area contributed by atoms with E-state index in [2.05, 4.69) is 43.2 Å². The standard InChI is InChI=1S/C20H23N3O/c1-4-16-6-8-17(9-7-16)13-22(3)14-18-11-20(24)23-12-15(2)5-10-19(23)21-18/h5-12H,4,13-14H2,1-3H3/p+1. The lowest BCUT2D eigenvalue weighted by atomic mass is 10.1. The Labute approximate surface area is 142 Å². The van der Waals surface area contributed by atoms with Gasteiger partial charge in [-0.2, -0.15) is 0 Å². The van der Waals surface area contributed by atoms with Crippen molar-refractivity contribution >= 4 is 5.65 Å². The number of rotatable bonds is 5. The number of hydrogen-bond donors (Lipinski definition) is 1. The van der Waals surface area contributed by atoms with E-state index in [0.717, 1.165) is 30.8 Å². The van der Waals surface area contributed by atoms with E-state index in [-0.39, 0.29) is 5.56 Å². The maximum Gasteiger partial charge on any atom is 0.258 e. The first-order valence-corrected chi connectivity index (χ1v) is 8.43. The van der Waals surface area contributed by atoms with Gasteiger partial charge in [0.25, 0.3) is 5.56 Å². The van der Waals surface area contributed by atoms with Crippen molar-refractivity contribution in [3.63, 3.8) is 0 Å². The molecule has 4 nitrogen and oxygen atoms in total. The first-order chi connectivity index (χ1) is 11.5. The summed E-state index contributed by atoms with van der Waals surface area (Å²) in [7, 11) is 2.13. The van der Waals surface area contributed by atoms with Crippen LogP contribution in [0.15, 0.2) is 53.5 Å². The van der Waals surface area contributed by atoms with Crippen molar-refractivity contribution in [2.24, 2.45) is 0 Å². The van der Waals surface area contributed by atoms with Gasteiger partial charge < -0.3 is 4.90 Å². The Balaban J connectivity index is 1.76. The van der Waals surface area contributed by atoms with Gasteiger partial charge in [0.2, 0.25) is 0 Å². The molecule has 124 valence electrons. The second kappa shape index (κ2) is 6.97. The van der Waals surface area contributed by atoms with E-state index in [1.165, 1.54) is 16.0 Å². The highest BCUT2D eigenvalue weighted by Crippen LogP contribution is 2.04. The number of hydrogen-bond acceptors (Lipinski definition) is 2. The van der Waals surface area contributed by atoms with Crippen molar-refractivity contribution in [3.05, 3.63) is 81.4 Å². The monoisotopic (exact) mass is 322 g/mol. The van der Waals surface area contributed by atoms with Crippen molar-refractivity contribution in [2.45, 2.75) is 33.4 Å². The number of aromatic nitrogens is 2. The molecule has 24 heavy (non-hydrogen) atoms. The Hall–Kier alpha value is -2.46. The summed E-state index contributed by atoms with van der Waals surface area (Å²) in [4.78, 5) is 18.2. The summed E-state index contributed by atoms with van der Waals surface area (Å²) in [5.74, 6) is 0. The zero-order valence-electron chi connectivity index (χ0n) is 14.5. The second-order valence-electron chi connectivity index (χ2n) is 6.50. The van der Waals surface area contributed by atoms with E-state index in [0.29, 0.717) is 5.65 Å². The first kappa shape index (κ1) is 16.4. The minimum Gasteiger partial charge on any atom is -0.329 e. The van der Waals surface area contributed by atoms with Crippen LogP contribution < -0.4 is 10.5 Å². The average Bonchev–Trinajstić information content (AvgIpc) is 2.56. The lowest BCUT2D eigenvalue weighted by Gasteiger charge is -2.14. The van der Waals surface area contributed by atoms with Gasteiger partial charge in [-0.1, -0.05) is 37.3 Å². The summed E-state index contributed by atoms with van der Waals surface area (Å²) in [5, 5.41) is 0. The number of pyridine rings is 1. The lowest BCUT2D eigenvalue weighted by molar-refractivity contribution is -0.908. The third kappa shape index (κ3) is 3.71. The molecule has 0 aliphatic heterocycles. The Kier molecular flexibility index (Phi) is 4.76. The van der Waals surface area contributed by atoms with Crippen LogP contribution >= 0.6 is 0 Å². The summed E-state index contributed by atoms with van der Waals surface area (Å²) >= 11 is 0. The van der Waals surface area contributed by atoms with Gasteiger partial charge in [0.15, 0.2) is 0 Å². The van der Waals surface area contributed by atoms with E-state index in [1.807, 2.05) is 25.3 Å². The molecule has 0 saturated heterocycles. The fourth-order valence-electron chi connectivity index (χ4n) is 2.96. The van der Waals surface area contributed by atoms with Crippen LogP contribution in [0.4, 0.5) is 0 Å². The quantitative estimate of drug-likeness (QED) is 0.778. The zero-order valence-corrected chi connectivity index (χ0v) is 14.5. The summed E-state index contributed by atoms with van der Waals surface area (Å²) in [6.45, 7) is 5.79. The highest BCUT2D eigenvalue weighted by molar-refractivity contribution is 5.39. The minimum absolute atomic E-state index is 0.0150. The van der Waals surface area contributed by atoms with Gasteiger partial charge in [-0.05, 0) is 30.5 Å². The molecular formula is C20H24N3O+. The molecule has 0 spiro atoms. The molecule has 3 rings (SSSR count). The molecule has 1 aromatic carbocycles. The molecule has 0 amide bonds. The average molecular weight is 322 g/mol. The molecule has 2 heterocycles. The van der Waals surface area contributed by atoms with Crippen molar-refractivity contribution in [2.75, 3.05) is 7.05 Å². The molecule has 0 aliphatic carbocycles. The smallest absolute Gasteiger partial charge is 0.258 e. The van der Waals surface area contributed by atoms with E-state index in [4.69, 9.17) is 0 Å². The predicted octanol–water partition coefficient (Wildman–Crippen LogP) is 1.78.